The van der Waals surface area contributed by atoms with E-state index in [1.165, 1.54) is 7.11 Å². The van der Waals surface area contributed by atoms with Gasteiger partial charge in [0.05, 0.1) is 13.7 Å². The van der Waals surface area contributed by atoms with Gasteiger partial charge in [0.1, 0.15) is 18.2 Å². The van der Waals surface area contributed by atoms with Crippen LogP contribution in [0.5, 0.6) is 0 Å². The first-order chi connectivity index (χ1) is 7.72. The fourth-order valence-corrected chi connectivity index (χ4v) is 1.43. The maximum Gasteiger partial charge on any atom is 0.322 e. The van der Waals surface area contributed by atoms with Gasteiger partial charge in [0, 0.05) is 6.54 Å². The Labute approximate surface area is 95.0 Å². The lowest BCUT2D eigenvalue weighted by Crippen LogP contribution is -2.37. The number of aromatic nitrogens is 3. The lowest BCUT2D eigenvalue weighted by atomic mass is 10.2. The quantitative estimate of drug-likeness (QED) is 0.708. The van der Waals surface area contributed by atoms with Gasteiger partial charge >= 0.3 is 5.97 Å². The van der Waals surface area contributed by atoms with E-state index < -0.39 is 0 Å². The van der Waals surface area contributed by atoms with Crippen LogP contribution in [0.4, 0.5) is 0 Å². The number of aryl methyl sites for hydroxylation is 1. The molecule has 1 aromatic rings. The number of ether oxygens (including phenoxy) is 1. The lowest BCUT2D eigenvalue weighted by molar-refractivity contribution is -0.143. The van der Waals surface area contributed by atoms with E-state index in [9.17, 15) is 4.79 Å². The van der Waals surface area contributed by atoms with Crippen molar-refractivity contribution >= 4 is 5.97 Å². The molecule has 0 radical (unpaired) electrons. The zero-order chi connectivity index (χ0) is 12.0. The molecule has 0 aliphatic heterocycles. The van der Waals surface area contributed by atoms with Crippen LogP contribution >= 0.6 is 0 Å². The standard InChI is InChI=1S/C10H18N4O2/c1-4-8(10(15)16-3)11-6-9-13-12-7-14(9)5-2/h7-8,11H,4-6H2,1-3H3. The van der Waals surface area contributed by atoms with Crippen LogP contribution in [-0.4, -0.2) is 33.9 Å². The van der Waals surface area contributed by atoms with Gasteiger partial charge in [0.2, 0.25) is 0 Å². The molecular formula is C10H18N4O2. The van der Waals surface area contributed by atoms with Crippen LogP contribution in [0.1, 0.15) is 26.1 Å². The van der Waals surface area contributed by atoms with Gasteiger partial charge in [-0.1, -0.05) is 6.92 Å². The monoisotopic (exact) mass is 226 g/mol. The fraction of sp³-hybridized carbons (Fsp3) is 0.700. The number of carbonyl (C=O) groups excluding carboxylic acids is 1. The van der Waals surface area contributed by atoms with E-state index >= 15 is 0 Å². The molecular weight excluding hydrogens is 208 g/mol. The fourth-order valence-electron chi connectivity index (χ4n) is 1.43. The SMILES string of the molecule is CCC(NCc1nncn1CC)C(=O)OC. The number of rotatable bonds is 6. The number of nitrogens with one attached hydrogen (secondary N) is 1. The third kappa shape index (κ3) is 3.03. The highest BCUT2D eigenvalue weighted by molar-refractivity contribution is 5.75. The Morgan fingerprint density at radius 1 is 1.62 bits per heavy atom. The number of hydrogen-bond acceptors (Lipinski definition) is 5. The molecule has 0 amide bonds. The van der Waals surface area contributed by atoms with Crippen molar-refractivity contribution in [3.8, 4) is 0 Å². The van der Waals surface area contributed by atoms with Crippen molar-refractivity contribution in [3.63, 3.8) is 0 Å². The van der Waals surface area contributed by atoms with Crippen molar-refractivity contribution < 1.29 is 9.53 Å². The van der Waals surface area contributed by atoms with Crippen molar-refractivity contribution in [3.05, 3.63) is 12.2 Å². The van der Waals surface area contributed by atoms with E-state index in [0.29, 0.717) is 13.0 Å². The first-order valence-corrected chi connectivity index (χ1v) is 5.40. The molecule has 16 heavy (non-hydrogen) atoms. The third-order valence-electron chi connectivity index (χ3n) is 2.44. The summed E-state index contributed by atoms with van der Waals surface area (Å²) >= 11 is 0. The number of hydrogen-bond donors (Lipinski definition) is 1. The molecule has 1 N–H and O–H groups in total. The predicted octanol–water partition coefficient (Wildman–Crippen LogP) is 0.339. The molecule has 90 valence electrons. The molecule has 0 saturated carbocycles. The van der Waals surface area contributed by atoms with E-state index in [2.05, 4.69) is 20.3 Å². The van der Waals surface area contributed by atoms with Crippen LogP contribution < -0.4 is 5.32 Å². The number of carbonyl (C=O) groups is 1. The predicted molar refractivity (Wildman–Crippen MR) is 58.6 cm³/mol. The molecule has 0 bridgehead atoms. The molecule has 1 heterocycles. The maximum absolute atomic E-state index is 11.3. The van der Waals surface area contributed by atoms with E-state index in [-0.39, 0.29) is 12.0 Å². The van der Waals surface area contributed by atoms with Crippen LogP contribution in [0, 0.1) is 0 Å². The topological polar surface area (TPSA) is 69.0 Å². The van der Waals surface area contributed by atoms with Gasteiger partial charge < -0.3 is 9.30 Å². The second-order valence-electron chi connectivity index (χ2n) is 3.40. The number of methoxy groups -OCH3 is 1. The van der Waals surface area contributed by atoms with Crippen molar-refractivity contribution in [2.24, 2.45) is 0 Å². The van der Waals surface area contributed by atoms with Gasteiger partial charge in [-0.15, -0.1) is 10.2 Å². The summed E-state index contributed by atoms with van der Waals surface area (Å²) in [6.45, 7) is 5.28. The average molecular weight is 226 g/mol. The molecule has 6 nitrogen and oxygen atoms in total. The number of esters is 1. The Morgan fingerprint density at radius 3 is 2.94 bits per heavy atom. The minimum absolute atomic E-state index is 0.245. The van der Waals surface area contributed by atoms with Gasteiger partial charge in [-0.2, -0.15) is 0 Å². The molecule has 0 aromatic carbocycles. The third-order valence-corrected chi connectivity index (χ3v) is 2.44. The summed E-state index contributed by atoms with van der Waals surface area (Å²) in [5.74, 6) is 0.579. The normalized spacial score (nSPS) is 12.4. The Balaban J connectivity index is 2.52. The molecule has 0 fully saturated rings. The van der Waals surface area contributed by atoms with Crippen molar-refractivity contribution in [2.75, 3.05) is 7.11 Å². The first-order valence-electron chi connectivity index (χ1n) is 5.40. The minimum Gasteiger partial charge on any atom is -0.468 e. The highest BCUT2D eigenvalue weighted by Gasteiger charge is 2.16. The van der Waals surface area contributed by atoms with Gasteiger partial charge in [-0.3, -0.25) is 10.1 Å². The first kappa shape index (κ1) is 12.6. The zero-order valence-electron chi connectivity index (χ0n) is 9.93. The Bertz CT molecular complexity index is 337. The van der Waals surface area contributed by atoms with Gasteiger partial charge in [0.25, 0.3) is 0 Å². The van der Waals surface area contributed by atoms with E-state index in [1.54, 1.807) is 6.33 Å². The van der Waals surface area contributed by atoms with Gasteiger partial charge in [-0.05, 0) is 13.3 Å². The molecule has 6 heteroatoms. The Morgan fingerprint density at radius 2 is 2.38 bits per heavy atom. The van der Waals surface area contributed by atoms with Gasteiger partial charge in [-0.25, -0.2) is 0 Å². The Hall–Kier alpha value is -1.43. The highest BCUT2D eigenvalue weighted by Crippen LogP contribution is 1.98. The molecule has 1 aromatic heterocycles. The molecule has 1 unspecified atom stereocenters. The Kier molecular flexibility index (Phi) is 4.91. The van der Waals surface area contributed by atoms with Crippen molar-refractivity contribution in [2.45, 2.75) is 39.4 Å². The summed E-state index contributed by atoms with van der Waals surface area (Å²) < 4.78 is 6.61. The average Bonchev–Trinajstić information content (AvgIpc) is 2.76. The van der Waals surface area contributed by atoms with Crippen LogP contribution in [-0.2, 0) is 22.6 Å². The summed E-state index contributed by atoms with van der Waals surface area (Å²) in [5.41, 5.74) is 0. The smallest absolute Gasteiger partial charge is 0.322 e. The van der Waals surface area contributed by atoms with Crippen LogP contribution in [0.3, 0.4) is 0 Å². The molecule has 0 aliphatic carbocycles. The second-order valence-corrected chi connectivity index (χ2v) is 3.40. The van der Waals surface area contributed by atoms with Crippen LogP contribution in [0.25, 0.3) is 0 Å². The molecule has 0 saturated heterocycles. The van der Waals surface area contributed by atoms with Crippen LogP contribution in [0.2, 0.25) is 0 Å². The summed E-state index contributed by atoms with van der Waals surface area (Å²) in [7, 11) is 1.39. The largest absolute Gasteiger partial charge is 0.468 e. The minimum atomic E-state index is -0.285. The molecule has 1 rings (SSSR count). The summed E-state index contributed by atoms with van der Waals surface area (Å²) in [4.78, 5) is 11.3. The molecule has 1 atom stereocenters. The molecule has 0 aliphatic rings. The molecule has 0 spiro atoms. The lowest BCUT2D eigenvalue weighted by Gasteiger charge is -2.14. The van der Waals surface area contributed by atoms with Crippen molar-refractivity contribution in [1.29, 1.82) is 0 Å². The zero-order valence-corrected chi connectivity index (χ0v) is 9.93. The van der Waals surface area contributed by atoms with Crippen LogP contribution in [0.15, 0.2) is 6.33 Å². The maximum atomic E-state index is 11.3. The summed E-state index contributed by atoms with van der Waals surface area (Å²) in [6, 6.07) is -0.285. The van der Waals surface area contributed by atoms with E-state index in [1.807, 2.05) is 18.4 Å². The summed E-state index contributed by atoms with van der Waals surface area (Å²) in [5, 5.41) is 10.9. The highest BCUT2D eigenvalue weighted by atomic mass is 16.5. The van der Waals surface area contributed by atoms with Crippen molar-refractivity contribution in [1.82, 2.24) is 20.1 Å². The second kappa shape index (κ2) is 6.22. The summed E-state index contributed by atoms with van der Waals surface area (Å²) in [6.07, 6.45) is 2.36. The number of nitrogens with zero attached hydrogens (tertiary/aromatic N) is 3. The van der Waals surface area contributed by atoms with E-state index in [0.717, 1.165) is 12.4 Å². The van der Waals surface area contributed by atoms with Gasteiger partial charge in [0.15, 0.2) is 0 Å². The van der Waals surface area contributed by atoms with E-state index in [4.69, 9.17) is 0 Å².